The average Bonchev–Trinajstić information content (AvgIpc) is 3.21. The SMILES string of the molecule is CCNC(=O)c1ccc(CN=C(NCC)NC2CCN(c3ncccc3Cl)C2)cc1. The first-order chi connectivity index (χ1) is 14.6. The molecule has 1 aliphatic rings. The van der Waals surface area contributed by atoms with Crippen LogP contribution in [0.4, 0.5) is 5.82 Å². The second-order valence-electron chi connectivity index (χ2n) is 7.14. The summed E-state index contributed by atoms with van der Waals surface area (Å²) < 4.78 is 0. The number of anilines is 1. The summed E-state index contributed by atoms with van der Waals surface area (Å²) in [4.78, 5) is 23.2. The first-order valence-electron chi connectivity index (χ1n) is 10.4. The van der Waals surface area contributed by atoms with E-state index in [2.05, 4.69) is 25.8 Å². The molecule has 1 atom stereocenters. The Morgan fingerprint density at radius 2 is 1.97 bits per heavy atom. The van der Waals surface area contributed by atoms with Gasteiger partial charge >= 0.3 is 0 Å². The van der Waals surface area contributed by atoms with Gasteiger partial charge in [0, 0.05) is 44.0 Å². The van der Waals surface area contributed by atoms with Crippen molar-refractivity contribution < 1.29 is 4.79 Å². The van der Waals surface area contributed by atoms with Gasteiger partial charge in [-0.1, -0.05) is 23.7 Å². The highest BCUT2D eigenvalue weighted by Crippen LogP contribution is 2.25. The van der Waals surface area contributed by atoms with Crippen LogP contribution < -0.4 is 20.9 Å². The number of rotatable bonds is 7. The lowest BCUT2D eigenvalue weighted by Crippen LogP contribution is -2.44. The van der Waals surface area contributed by atoms with Crippen LogP contribution in [-0.2, 0) is 6.54 Å². The van der Waals surface area contributed by atoms with E-state index in [9.17, 15) is 4.79 Å². The Bertz CT molecular complexity index is 870. The molecule has 7 nitrogen and oxygen atoms in total. The summed E-state index contributed by atoms with van der Waals surface area (Å²) in [7, 11) is 0. The fourth-order valence-corrected chi connectivity index (χ4v) is 3.63. The monoisotopic (exact) mass is 428 g/mol. The number of nitrogens with zero attached hydrogens (tertiary/aromatic N) is 3. The molecule has 8 heteroatoms. The first-order valence-corrected chi connectivity index (χ1v) is 10.8. The molecular formula is C22H29ClN6O. The van der Waals surface area contributed by atoms with E-state index in [0.717, 1.165) is 43.4 Å². The third-order valence-corrected chi connectivity index (χ3v) is 5.18. The number of nitrogens with one attached hydrogen (secondary N) is 3. The van der Waals surface area contributed by atoms with Gasteiger partial charge in [-0.3, -0.25) is 4.79 Å². The van der Waals surface area contributed by atoms with Gasteiger partial charge in [-0.2, -0.15) is 0 Å². The van der Waals surface area contributed by atoms with Gasteiger partial charge in [-0.25, -0.2) is 9.98 Å². The molecular weight excluding hydrogens is 400 g/mol. The molecule has 1 aromatic heterocycles. The Labute approximate surface area is 182 Å². The van der Waals surface area contributed by atoms with Crippen LogP contribution in [0.2, 0.25) is 5.02 Å². The summed E-state index contributed by atoms with van der Waals surface area (Å²) in [5, 5.41) is 10.3. The van der Waals surface area contributed by atoms with Gasteiger partial charge in [-0.05, 0) is 50.1 Å². The van der Waals surface area contributed by atoms with E-state index in [1.807, 2.05) is 50.2 Å². The number of hydrogen-bond acceptors (Lipinski definition) is 4. The number of carbonyl (C=O) groups excluding carboxylic acids is 1. The van der Waals surface area contributed by atoms with Crippen molar-refractivity contribution in [2.45, 2.75) is 32.9 Å². The molecule has 1 saturated heterocycles. The van der Waals surface area contributed by atoms with Crippen molar-refractivity contribution in [1.82, 2.24) is 20.9 Å². The average molecular weight is 429 g/mol. The van der Waals surface area contributed by atoms with Crippen molar-refractivity contribution in [2.75, 3.05) is 31.1 Å². The van der Waals surface area contributed by atoms with Crippen LogP contribution in [0, 0.1) is 0 Å². The molecule has 1 amide bonds. The molecule has 1 fully saturated rings. The van der Waals surface area contributed by atoms with Crippen LogP contribution in [0.5, 0.6) is 0 Å². The van der Waals surface area contributed by atoms with Crippen molar-refractivity contribution in [1.29, 1.82) is 0 Å². The van der Waals surface area contributed by atoms with Crippen molar-refractivity contribution in [3.05, 3.63) is 58.7 Å². The van der Waals surface area contributed by atoms with Crippen LogP contribution >= 0.6 is 11.6 Å². The molecule has 0 saturated carbocycles. The van der Waals surface area contributed by atoms with Gasteiger partial charge in [0.1, 0.15) is 5.82 Å². The highest BCUT2D eigenvalue weighted by Gasteiger charge is 2.25. The largest absolute Gasteiger partial charge is 0.357 e. The number of hydrogen-bond donors (Lipinski definition) is 3. The summed E-state index contributed by atoms with van der Waals surface area (Å²) in [5.41, 5.74) is 1.71. The molecule has 1 unspecified atom stereocenters. The normalized spacial score (nSPS) is 16.4. The minimum Gasteiger partial charge on any atom is -0.357 e. The Balaban J connectivity index is 1.58. The quantitative estimate of drug-likeness (QED) is 0.466. The number of halogens is 1. The first kappa shape index (κ1) is 21.9. The number of carbonyl (C=O) groups is 1. The van der Waals surface area contributed by atoms with Crippen molar-refractivity contribution in [3.63, 3.8) is 0 Å². The lowest BCUT2D eigenvalue weighted by atomic mass is 10.1. The van der Waals surface area contributed by atoms with Gasteiger partial charge in [0.25, 0.3) is 5.91 Å². The molecule has 0 aliphatic carbocycles. The fraction of sp³-hybridized carbons (Fsp3) is 0.409. The maximum absolute atomic E-state index is 11.9. The summed E-state index contributed by atoms with van der Waals surface area (Å²) in [6, 6.07) is 11.5. The number of guanidine groups is 1. The summed E-state index contributed by atoms with van der Waals surface area (Å²) in [6.07, 6.45) is 2.75. The van der Waals surface area contributed by atoms with E-state index in [4.69, 9.17) is 16.6 Å². The fourth-order valence-electron chi connectivity index (χ4n) is 3.39. The van der Waals surface area contributed by atoms with Crippen molar-refractivity contribution >= 4 is 29.3 Å². The van der Waals surface area contributed by atoms with Gasteiger partial charge in [0.15, 0.2) is 5.96 Å². The van der Waals surface area contributed by atoms with E-state index in [1.54, 1.807) is 6.20 Å². The van der Waals surface area contributed by atoms with Gasteiger partial charge < -0.3 is 20.9 Å². The molecule has 0 spiro atoms. The summed E-state index contributed by atoms with van der Waals surface area (Å²) in [6.45, 7) is 7.61. The highest BCUT2D eigenvalue weighted by molar-refractivity contribution is 6.32. The zero-order valence-corrected chi connectivity index (χ0v) is 18.2. The van der Waals surface area contributed by atoms with Crippen LogP contribution in [0.15, 0.2) is 47.6 Å². The van der Waals surface area contributed by atoms with Crippen LogP contribution in [0.1, 0.15) is 36.2 Å². The third-order valence-electron chi connectivity index (χ3n) is 4.89. The topological polar surface area (TPSA) is 81.6 Å². The molecule has 30 heavy (non-hydrogen) atoms. The predicted molar refractivity (Wildman–Crippen MR) is 122 cm³/mol. The maximum Gasteiger partial charge on any atom is 0.251 e. The van der Waals surface area contributed by atoms with Gasteiger partial charge in [0.2, 0.25) is 0 Å². The molecule has 1 aromatic carbocycles. The third kappa shape index (κ3) is 5.86. The molecule has 2 aromatic rings. The molecule has 160 valence electrons. The number of aliphatic imine (C=N–C) groups is 1. The molecule has 1 aliphatic heterocycles. The minimum atomic E-state index is -0.0543. The van der Waals surface area contributed by atoms with Crippen LogP contribution in [0.3, 0.4) is 0 Å². The second kappa shape index (κ2) is 10.8. The van der Waals surface area contributed by atoms with Crippen LogP contribution in [0.25, 0.3) is 0 Å². The summed E-state index contributed by atoms with van der Waals surface area (Å²) >= 11 is 6.29. The highest BCUT2D eigenvalue weighted by atomic mass is 35.5. The molecule has 0 bridgehead atoms. The van der Waals surface area contributed by atoms with E-state index in [-0.39, 0.29) is 11.9 Å². The van der Waals surface area contributed by atoms with Crippen molar-refractivity contribution in [3.8, 4) is 0 Å². The Morgan fingerprint density at radius 3 is 2.67 bits per heavy atom. The molecule has 2 heterocycles. The van der Waals surface area contributed by atoms with E-state index < -0.39 is 0 Å². The Hall–Kier alpha value is -2.80. The number of benzene rings is 1. The smallest absolute Gasteiger partial charge is 0.251 e. The van der Waals surface area contributed by atoms with Crippen LogP contribution in [-0.4, -0.2) is 49.1 Å². The molecule has 3 rings (SSSR count). The lowest BCUT2D eigenvalue weighted by molar-refractivity contribution is 0.0956. The number of amides is 1. The maximum atomic E-state index is 11.9. The molecule has 3 N–H and O–H groups in total. The lowest BCUT2D eigenvalue weighted by Gasteiger charge is -2.20. The second-order valence-corrected chi connectivity index (χ2v) is 7.54. The number of pyridine rings is 1. The van der Waals surface area contributed by atoms with E-state index in [1.165, 1.54) is 0 Å². The van der Waals surface area contributed by atoms with Crippen molar-refractivity contribution in [2.24, 2.45) is 4.99 Å². The number of aromatic nitrogens is 1. The van der Waals surface area contributed by atoms with E-state index in [0.29, 0.717) is 23.7 Å². The van der Waals surface area contributed by atoms with E-state index >= 15 is 0 Å². The Morgan fingerprint density at radius 1 is 1.20 bits per heavy atom. The van der Waals surface area contributed by atoms with Gasteiger partial charge in [0.05, 0.1) is 11.6 Å². The summed E-state index contributed by atoms with van der Waals surface area (Å²) in [5.74, 6) is 1.56. The zero-order valence-electron chi connectivity index (χ0n) is 17.5. The zero-order chi connectivity index (χ0) is 21.3. The predicted octanol–water partition coefficient (Wildman–Crippen LogP) is 2.82. The minimum absolute atomic E-state index is 0.0543. The Kier molecular flexibility index (Phi) is 7.90. The standard InChI is InChI=1S/C22H29ClN6O/c1-3-24-21(30)17-9-7-16(8-10-17)14-27-22(25-4-2)28-18-11-13-29(15-18)20-19(23)6-5-12-26-20/h5-10,12,18H,3-4,11,13-15H2,1-2H3,(H,24,30)(H2,25,27,28). The van der Waals surface area contributed by atoms with Gasteiger partial charge in [-0.15, -0.1) is 0 Å². The molecule has 0 radical (unpaired) electrons.